The van der Waals surface area contributed by atoms with Gasteiger partial charge in [-0.25, -0.2) is 0 Å². The minimum Gasteiger partial charge on any atom is -0.368 e. The highest BCUT2D eigenvalue weighted by atomic mass is 19.4. The van der Waals surface area contributed by atoms with E-state index in [1.165, 1.54) is 36.9 Å². The maximum atomic E-state index is 13.8. The molecule has 0 aliphatic heterocycles. The maximum absolute atomic E-state index is 13.8. The zero-order chi connectivity index (χ0) is 25.4. The average molecular weight is 486 g/mol. The van der Waals surface area contributed by atoms with Crippen LogP contribution in [0.15, 0.2) is 61.2 Å². The van der Waals surface area contributed by atoms with Crippen molar-refractivity contribution < 1.29 is 22.8 Å². The third-order valence-electron chi connectivity index (χ3n) is 5.08. The van der Waals surface area contributed by atoms with Gasteiger partial charge in [-0.1, -0.05) is 13.8 Å². The van der Waals surface area contributed by atoms with Crippen molar-refractivity contribution in [1.29, 1.82) is 0 Å². The van der Waals surface area contributed by atoms with Gasteiger partial charge in [0.15, 0.2) is 0 Å². The summed E-state index contributed by atoms with van der Waals surface area (Å²) in [5.74, 6) is -1.23. The third kappa shape index (κ3) is 6.56. The van der Waals surface area contributed by atoms with E-state index in [2.05, 4.69) is 20.6 Å². The number of amides is 2. The summed E-state index contributed by atoms with van der Waals surface area (Å²) in [6.45, 7) is 4.89. The van der Waals surface area contributed by atoms with E-state index in [4.69, 9.17) is 0 Å². The van der Waals surface area contributed by atoms with Crippen molar-refractivity contribution in [1.82, 2.24) is 9.97 Å². The van der Waals surface area contributed by atoms with Crippen LogP contribution in [0.25, 0.3) is 0 Å². The molecule has 0 aliphatic carbocycles. The number of rotatable bonds is 9. The predicted octanol–water partition coefficient (Wildman–Crippen LogP) is 5.63. The Morgan fingerprint density at radius 2 is 1.31 bits per heavy atom. The molecule has 0 atom stereocenters. The number of carbonyl (C=O) groups is 2. The van der Waals surface area contributed by atoms with Crippen LogP contribution >= 0.6 is 0 Å². The highest BCUT2D eigenvalue weighted by molar-refractivity contribution is 6.10. The quantitative estimate of drug-likeness (QED) is 0.410. The summed E-state index contributed by atoms with van der Waals surface area (Å²) < 4.78 is 41.5. The topological polar surface area (TPSA) is 87.2 Å². The molecule has 2 heterocycles. The molecule has 7 nitrogen and oxygen atoms in total. The fourth-order valence-electron chi connectivity index (χ4n) is 3.59. The third-order valence-corrected chi connectivity index (χ3v) is 5.08. The van der Waals surface area contributed by atoms with Crippen LogP contribution in [0, 0.1) is 0 Å². The van der Waals surface area contributed by atoms with E-state index in [0.717, 1.165) is 12.1 Å². The first-order valence-electron chi connectivity index (χ1n) is 11.2. The van der Waals surface area contributed by atoms with E-state index in [1.807, 2.05) is 18.7 Å². The molecule has 2 N–H and O–H groups in total. The molecule has 0 spiro atoms. The molecule has 0 saturated heterocycles. The Balaban J connectivity index is 2.16. The molecular weight excluding hydrogens is 459 g/mol. The number of nitrogens with zero attached hydrogens (tertiary/aromatic N) is 3. The summed E-state index contributed by atoms with van der Waals surface area (Å²) in [5, 5.41) is 5.21. The lowest BCUT2D eigenvalue weighted by Crippen LogP contribution is -2.29. The van der Waals surface area contributed by atoms with E-state index in [9.17, 15) is 22.8 Å². The van der Waals surface area contributed by atoms with Gasteiger partial charge in [-0.3, -0.25) is 19.6 Å². The minimum atomic E-state index is -4.71. The van der Waals surface area contributed by atoms with Crippen LogP contribution in [-0.4, -0.2) is 34.9 Å². The molecule has 1 aromatic carbocycles. The second-order valence-electron chi connectivity index (χ2n) is 7.80. The predicted molar refractivity (Wildman–Crippen MR) is 129 cm³/mol. The number of anilines is 3. The number of hydrogen-bond donors (Lipinski definition) is 2. The van der Waals surface area contributed by atoms with Crippen LogP contribution in [0.5, 0.6) is 0 Å². The number of aromatic nitrogens is 2. The first kappa shape index (κ1) is 25.7. The summed E-state index contributed by atoms with van der Waals surface area (Å²) in [5.41, 5.74) is -0.439. The summed E-state index contributed by atoms with van der Waals surface area (Å²) in [7, 11) is 0. The molecule has 0 unspecified atom stereocenters. The number of nitrogens with one attached hydrogen (secondary N) is 2. The van der Waals surface area contributed by atoms with E-state index < -0.39 is 23.6 Å². The second-order valence-corrected chi connectivity index (χ2v) is 7.80. The number of alkyl halides is 3. The van der Waals surface area contributed by atoms with Gasteiger partial charge in [-0.15, -0.1) is 0 Å². The zero-order valence-electron chi connectivity index (χ0n) is 19.4. The minimum absolute atomic E-state index is 0.0583. The molecule has 184 valence electrons. The lowest BCUT2D eigenvalue weighted by atomic mass is 10.1. The smallest absolute Gasteiger partial charge is 0.368 e. The first-order chi connectivity index (χ1) is 16.7. The van der Waals surface area contributed by atoms with E-state index in [1.54, 1.807) is 12.1 Å². The number of carbonyl (C=O) groups excluding carboxylic acids is 2. The first-order valence-corrected chi connectivity index (χ1v) is 11.2. The van der Waals surface area contributed by atoms with Crippen molar-refractivity contribution in [3.05, 3.63) is 77.9 Å². The number of halogens is 3. The summed E-state index contributed by atoms with van der Waals surface area (Å²) >= 11 is 0. The number of benzene rings is 1. The Bertz CT molecular complexity index is 1070. The zero-order valence-corrected chi connectivity index (χ0v) is 19.4. The SMILES string of the molecule is CCCN(CCC)c1c(NC(=O)c2cccnc2)cc(C(F)(F)F)cc1NC(=O)c1cccnc1. The van der Waals surface area contributed by atoms with E-state index in [0.29, 0.717) is 31.6 Å². The number of hydrogen-bond acceptors (Lipinski definition) is 5. The molecule has 3 rings (SSSR count). The van der Waals surface area contributed by atoms with Crippen LogP contribution in [0.3, 0.4) is 0 Å². The van der Waals surface area contributed by atoms with Gasteiger partial charge in [-0.2, -0.15) is 13.2 Å². The molecule has 2 aromatic heterocycles. The van der Waals surface area contributed by atoms with E-state index >= 15 is 0 Å². The fraction of sp³-hybridized carbons (Fsp3) is 0.280. The van der Waals surface area contributed by atoms with Gasteiger partial charge in [0.2, 0.25) is 0 Å². The maximum Gasteiger partial charge on any atom is 0.416 e. The van der Waals surface area contributed by atoms with Gasteiger partial charge in [0.25, 0.3) is 11.8 Å². The number of pyridine rings is 2. The molecule has 0 bridgehead atoms. The Labute approximate surface area is 201 Å². The van der Waals surface area contributed by atoms with Crippen molar-refractivity contribution in [3.8, 4) is 0 Å². The Kier molecular flexibility index (Phi) is 8.40. The molecular formula is C25H26F3N5O2. The van der Waals surface area contributed by atoms with Crippen LogP contribution < -0.4 is 15.5 Å². The van der Waals surface area contributed by atoms with Crippen LogP contribution in [0.4, 0.5) is 30.2 Å². The van der Waals surface area contributed by atoms with Gasteiger partial charge >= 0.3 is 6.18 Å². The highest BCUT2D eigenvalue weighted by Gasteiger charge is 2.34. The van der Waals surface area contributed by atoms with Gasteiger partial charge in [0.1, 0.15) is 0 Å². The molecule has 0 saturated carbocycles. The molecule has 0 radical (unpaired) electrons. The van der Waals surface area contributed by atoms with Crippen LogP contribution in [0.2, 0.25) is 0 Å². The van der Waals surface area contributed by atoms with Gasteiger partial charge in [0, 0.05) is 37.9 Å². The van der Waals surface area contributed by atoms with Crippen molar-refractivity contribution in [2.45, 2.75) is 32.9 Å². The largest absolute Gasteiger partial charge is 0.416 e. The standard InChI is InChI=1S/C25H26F3N5O2/c1-3-11-33(12-4-2)22-20(31-23(34)17-7-5-9-29-15-17)13-19(25(26,27)28)14-21(22)32-24(35)18-8-6-10-30-16-18/h5-10,13-16H,3-4,11-12H2,1-2H3,(H,31,34)(H,32,35). The summed E-state index contributed by atoms with van der Waals surface area (Å²) in [4.78, 5) is 35.4. The Morgan fingerprint density at radius 1 is 0.857 bits per heavy atom. The monoisotopic (exact) mass is 485 g/mol. The fourth-order valence-corrected chi connectivity index (χ4v) is 3.59. The molecule has 2 amide bonds. The van der Waals surface area contributed by atoms with Crippen molar-refractivity contribution >= 4 is 28.9 Å². The lowest BCUT2D eigenvalue weighted by Gasteiger charge is -2.30. The Hall–Kier alpha value is -3.95. The van der Waals surface area contributed by atoms with Crippen molar-refractivity contribution in [2.24, 2.45) is 0 Å². The van der Waals surface area contributed by atoms with Gasteiger partial charge in [-0.05, 0) is 49.2 Å². The van der Waals surface area contributed by atoms with E-state index in [-0.39, 0.29) is 22.5 Å². The lowest BCUT2D eigenvalue weighted by molar-refractivity contribution is -0.137. The second kappa shape index (κ2) is 11.5. The van der Waals surface area contributed by atoms with Gasteiger partial charge < -0.3 is 15.5 Å². The van der Waals surface area contributed by atoms with Crippen molar-refractivity contribution in [2.75, 3.05) is 28.6 Å². The summed E-state index contributed by atoms with van der Waals surface area (Å²) in [6.07, 6.45) is 2.32. The Morgan fingerprint density at radius 3 is 1.66 bits per heavy atom. The molecule has 0 aliphatic rings. The van der Waals surface area contributed by atoms with Crippen LogP contribution in [0.1, 0.15) is 53.0 Å². The van der Waals surface area contributed by atoms with Crippen LogP contribution in [-0.2, 0) is 6.18 Å². The summed E-state index contributed by atoms with van der Waals surface area (Å²) in [6, 6.07) is 7.92. The normalized spacial score (nSPS) is 11.1. The van der Waals surface area contributed by atoms with Gasteiger partial charge in [0.05, 0.1) is 33.8 Å². The molecule has 10 heteroatoms. The molecule has 35 heavy (non-hydrogen) atoms. The molecule has 0 fully saturated rings. The average Bonchev–Trinajstić information content (AvgIpc) is 2.84. The highest BCUT2D eigenvalue weighted by Crippen LogP contribution is 2.42. The molecule has 3 aromatic rings. The van der Waals surface area contributed by atoms with Crippen molar-refractivity contribution in [3.63, 3.8) is 0 Å².